The van der Waals surface area contributed by atoms with Crippen molar-refractivity contribution in [1.82, 2.24) is 9.55 Å². The molecule has 0 N–H and O–H groups in total. The summed E-state index contributed by atoms with van der Waals surface area (Å²) in [7, 11) is 0. The number of nitrogens with zero attached hydrogens (tertiary/aromatic N) is 2. The molecule has 0 atom stereocenters. The van der Waals surface area contributed by atoms with Gasteiger partial charge in [-0.3, -0.25) is 0 Å². The van der Waals surface area contributed by atoms with Crippen LogP contribution in [0.1, 0.15) is 62.3 Å². The van der Waals surface area contributed by atoms with Crippen LogP contribution in [0.2, 0.25) is 0 Å². The molecule has 152 valence electrons. The van der Waals surface area contributed by atoms with Gasteiger partial charge in [0.05, 0.1) is 5.56 Å². The van der Waals surface area contributed by atoms with E-state index in [2.05, 4.69) is 40.7 Å². The van der Waals surface area contributed by atoms with Crippen LogP contribution in [-0.4, -0.2) is 21.1 Å². The molecule has 0 aliphatic rings. The maximum atomic E-state index is 12.6. The van der Waals surface area contributed by atoms with Crippen LogP contribution in [-0.2, 0) is 17.7 Å². The molecule has 29 heavy (non-hydrogen) atoms. The van der Waals surface area contributed by atoms with Crippen molar-refractivity contribution in [3.63, 3.8) is 0 Å². The Balaban J connectivity index is 1.79. The van der Waals surface area contributed by atoms with Crippen LogP contribution in [0.3, 0.4) is 0 Å². The van der Waals surface area contributed by atoms with Gasteiger partial charge in [0, 0.05) is 25.4 Å². The summed E-state index contributed by atoms with van der Waals surface area (Å²) in [6.07, 6.45) is 7.23. The van der Waals surface area contributed by atoms with Crippen LogP contribution in [0, 0.1) is 0 Å². The number of imidazole rings is 1. The maximum Gasteiger partial charge on any atom is 0.339 e. The van der Waals surface area contributed by atoms with E-state index in [0.29, 0.717) is 5.56 Å². The molecule has 0 bridgehead atoms. The second-order valence-electron chi connectivity index (χ2n) is 8.32. The van der Waals surface area contributed by atoms with E-state index in [1.165, 1.54) is 12.0 Å². The first-order valence-corrected chi connectivity index (χ1v) is 10.3. The molecule has 0 unspecified atom stereocenters. The Hall–Kier alpha value is -2.88. The lowest BCUT2D eigenvalue weighted by atomic mass is 9.98. The molecule has 3 rings (SSSR count). The zero-order valence-electron chi connectivity index (χ0n) is 17.8. The molecule has 1 heterocycles. The Morgan fingerprint density at radius 1 is 1.07 bits per heavy atom. The van der Waals surface area contributed by atoms with E-state index < -0.39 is 5.60 Å². The molecule has 0 amide bonds. The number of carbonyl (C=O) groups is 1. The van der Waals surface area contributed by atoms with Crippen molar-refractivity contribution >= 4 is 5.97 Å². The van der Waals surface area contributed by atoms with Crippen molar-refractivity contribution in [2.24, 2.45) is 0 Å². The smallest absolute Gasteiger partial charge is 0.339 e. The fraction of sp³-hybridized carbons (Fsp3) is 0.360. The molecule has 0 spiro atoms. The SMILES string of the molecule is CCCCc1nccn1Cc1ccc(-c2ccccc2C(=O)OC(C)(C)C)cc1. The van der Waals surface area contributed by atoms with Gasteiger partial charge in [-0.1, -0.05) is 55.8 Å². The fourth-order valence-electron chi connectivity index (χ4n) is 3.28. The van der Waals surface area contributed by atoms with Gasteiger partial charge in [0.2, 0.25) is 0 Å². The molecule has 4 nitrogen and oxygen atoms in total. The van der Waals surface area contributed by atoms with E-state index in [1.54, 1.807) is 0 Å². The van der Waals surface area contributed by atoms with Gasteiger partial charge in [-0.25, -0.2) is 9.78 Å². The minimum Gasteiger partial charge on any atom is -0.456 e. The summed E-state index contributed by atoms with van der Waals surface area (Å²) >= 11 is 0. The Labute approximate surface area is 173 Å². The van der Waals surface area contributed by atoms with E-state index in [4.69, 9.17) is 4.74 Å². The summed E-state index contributed by atoms with van der Waals surface area (Å²) < 4.78 is 7.78. The number of hydrogen-bond donors (Lipinski definition) is 0. The van der Waals surface area contributed by atoms with Gasteiger partial charge < -0.3 is 9.30 Å². The molecular weight excluding hydrogens is 360 g/mol. The number of carbonyl (C=O) groups excluding carboxylic acids is 1. The quantitative estimate of drug-likeness (QED) is 0.472. The van der Waals surface area contributed by atoms with Gasteiger partial charge in [-0.15, -0.1) is 0 Å². The summed E-state index contributed by atoms with van der Waals surface area (Å²) in [4.78, 5) is 17.1. The van der Waals surface area contributed by atoms with Crippen molar-refractivity contribution in [3.05, 3.63) is 77.9 Å². The topological polar surface area (TPSA) is 44.1 Å². The lowest BCUT2D eigenvalue weighted by molar-refractivity contribution is 0.00704. The highest BCUT2D eigenvalue weighted by Gasteiger charge is 2.20. The molecule has 3 aromatic rings. The zero-order chi connectivity index (χ0) is 20.9. The largest absolute Gasteiger partial charge is 0.456 e. The number of benzene rings is 2. The number of ether oxygens (including phenoxy) is 1. The second-order valence-corrected chi connectivity index (χ2v) is 8.32. The summed E-state index contributed by atoms with van der Waals surface area (Å²) in [6.45, 7) is 8.64. The summed E-state index contributed by atoms with van der Waals surface area (Å²) in [5, 5.41) is 0. The van der Waals surface area contributed by atoms with Gasteiger partial charge in [0.25, 0.3) is 0 Å². The normalized spacial score (nSPS) is 11.4. The summed E-state index contributed by atoms with van der Waals surface area (Å²) in [6, 6.07) is 16.0. The van der Waals surface area contributed by atoms with Gasteiger partial charge in [-0.05, 0) is 49.9 Å². The Morgan fingerprint density at radius 3 is 2.48 bits per heavy atom. The first-order chi connectivity index (χ1) is 13.9. The monoisotopic (exact) mass is 390 g/mol. The lowest BCUT2D eigenvalue weighted by Gasteiger charge is -2.20. The molecule has 0 aliphatic heterocycles. The van der Waals surface area contributed by atoms with Crippen LogP contribution >= 0.6 is 0 Å². The molecule has 0 saturated heterocycles. The maximum absolute atomic E-state index is 12.6. The van der Waals surface area contributed by atoms with Crippen LogP contribution in [0.5, 0.6) is 0 Å². The van der Waals surface area contributed by atoms with Crippen LogP contribution in [0.4, 0.5) is 0 Å². The van der Waals surface area contributed by atoms with Crippen molar-refractivity contribution in [1.29, 1.82) is 0 Å². The first kappa shape index (κ1) is 20.8. The average Bonchev–Trinajstić information content (AvgIpc) is 3.12. The van der Waals surface area contributed by atoms with E-state index >= 15 is 0 Å². The van der Waals surface area contributed by atoms with Crippen molar-refractivity contribution < 1.29 is 9.53 Å². The van der Waals surface area contributed by atoms with Gasteiger partial charge in [0.1, 0.15) is 11.4 Å². The third-order valence-corrected chi connectivity index (χ3v) is 4.72. The predicted octanol–water partition coefficient (Wildman–Crippen LogP) is 5.90. The van der Waals surface area contributed by atoms with E-state index in [1.807, 2.05) is 57.4 Å². The number of rotatable bonds is 7. The number of aromatic nitrogens is 2. The lowest BCUT2D eigenvalue weighted by Crippen LogP contribution is -2.24. The third kappa shape index (κ3) is 5.57. The number of unbranched alkanes of at least 4 members (excludes halogenated alkanes) is 1. The van der Waals surface area contributed by atoms with Gasteiger partial charge >= 0.3 is 5.97 Å². The average molecular weight is 391 g/mol. The van der Waals surface area contributed by atoms with E-state index in [0.717, 1.165) is 36.3 Å². The second kappa shape index (κ2) is 9.08. The molecule has 0 aliphatic carbocycles. The highest BCUT2D eigenvalue weighted by Crippen LogP contribution is 2.26. The molecule has 1 aromatic heterocycles. The molecule has 0 radical (unpaired) electrons. The van der Waals surface area contributed by atoms with Crippen LogP contribution in [0.25, 0.3) is 11.1 Å². The third-order valence-electron chi connectivity index (χ3n) is 4.72. The van der Waals surface area contributed by atoms with E-state index in [-0.39, 0.29) is 5.97 Å². The standard InChI is InChI=1S/C25H30N2O2/c1-5-6-11-23-26-16-17-27(23)18-19-12-14-20(15-13-19)21-9-7-8-10-22(21)24(28)29-25(2,3)4/h7-10,12-17H,5-6,11,18H2,1-4H3. The minimum atomic E-state index is -0.520. The fourth-order valence-corrected chi connectivity index (χ4v) is 3.28. The van der Waals surface area contributed by atoms with Crippen LogP contribution in [0.15, 0.2) is 60.9 Å². The van der Waals surface area contributed by atoms with Crippen LogP contribution < -0.4 is 0 Å². The van der Waals surface area contributed by atoms with Crippen molar-refractivity contribution in [3.8, 4) is 11.1 Å². The van der Waals surface area contributed by atoms with Crippen molar-refractivity contribution in [2.75, 3.05) is 0 Å². The zero-order valence-corrected chi connectivity index (χ0v) is 17.8. The van der Waals surface area contributed by atoms with Crippen molar-refractivity contribution in [2.45, 2.75) is 59.1 Å². The molecule has 4 heteroatoms. The Morgan fingerprint density at radius 2 is 1.79 bits per heavy atom. The van der Waals surface area contributed by atoms with Gasteiger partial charge in [0.15, 0.2) is 0 Å². The molecule has 0 saturated carbocycles. The number of aryl methyl sites for hydroxylation is 1. The number of esters is 1. The molecular formula is C25H30N2O2. The van der Waals surface area contributed by atoms with Gasteiger partial charge in [-0.2, -0.15) is 0 Å². The molecule has 0 fully saturated rings. The summed E-state index contributed by atoms with van der Waals surface area (Å²) in [5.74, 6) is 0.836. The highest BCUT2D eigenvalue weighted by atomic mass is 16.6. The Bertz CT molecular complexity index is 949. The minimum absolute atomic E-state index is 0.295. The highest BCUT2D eigenvalue weighted by molar-refractivity contribution is 5.97. The first-order valence-electron chi connectivity index (χ1n) is 10.3. The molecule has 2 aromatic carbocycles. The Kier molecular flexibility index (Phi) is 6.53. The predicted molar refractivity (Wildman–Crippen MR) is 117 cm³/mol. The van der Waals surface area contributed by atoms with E-state index in [9.17, 15) is 4.79 Å². The number of hydrogen-bond acceptors (Lipinski definition) is 3. The summed E-state index contributed by atoms with van der Waals surface area (Å²) in [5.41, 5.74) is 3.17.